The molecule has 1 amide bonds. The number of rotatable bonds is 3. The highest BCUT2D eigenvalue weighted by molar-refractivity contribution is 5.83. The van der Waals surface area contributed by atoms with E-state index in [9.17, 15) is 4.79 Å². The van der Waals surface area contributed by atoms with E-state index in [4.69, 9.17) is 0 Å². The third-order valence-electron chi connectivity index (χ3n) is 4.99. The van der Waals surface area contributed by atoms with Crippen molar-refractivity contribution >= 4 is 5.91 Å². The predicted octanol–water partition coefficient (Wildman–Crippen LogP) is 2.41. The van der Waals surface area contributed by atoms with Crippen molar-refractivity contribution in [2.45, 2.75) is 65.0 Å². The van der Waals surface area contributed by atoms with Crippen molar-refractivity contribution in [3.05, 3.63) is 0 Å². The van der Waals surface area contributed by atoms with E-state index in [1.54, 1.807) is 0 Å². The van der Waals surface area contributed by atoms with Crippen LogP contribution in [0.25, 0.3) is 0 Å². The van der Waals surface area contributed by atoms with E-state index in [-0.39, 0.29) is 6.04 Å². The molecular formula is C15H28N2O. The van der Waals surface area contributed by atoms with Crippen molar-refractivity contribution in [3.63, 3.8) is 0 Å². The number of likely N-dealkylation sites (tertiary alicyclic amines) is 1. The van der Waals surface area contributed by atoms with E-state index in [1.807, 2.05) is 0 Å². The Bertz CT molecular complexity index is 290. The van der Waals surface area contributed by atoms with Crippen LogP contribution in [0.2, 0.25) is 0 Å². The zero-order chi connectivity index (χ0) is 13.1. The summed E-state index contributed by atoms with van der Waals surface area (Å²) in [5.74, 6) is 1.77. The van der Waals surface area contributed by atoms with Gasteiger partial charge in [0.2, 0.25) is 5.91 Å². The highest BCUT2D eigenvalue weighted by Gasteiger charge is 2.37. The molecule has 4 atom stereocenters. The lowest BCUT2D eigenvalue weighted by molar-refractivity contribution is -0.141. The van der Waals surface area contributed by atoms with Crippen molar-refractivity contribution in [2.75, 3.05) is 13.1 Å². The highest BCUT2D eigenvalue weighted by atomic mass is 16.2. The van der Waals surface area contributed by atoms with Gasteiger partial charge in [-0.3, -0.25) is 4.79 Å². The van der Waals surface area contributed by atoms with Crippen LogP contribution < -0.4 is 5.32 Å². The standard InChI is InChI=1S/C15H28N2O/c1-4-16-13-8-6-10-17(15(13)18)14-9-5-7-11(2)12(14)3/h11-14,16H,4-10H2,1-3H3. The van der Waals surface area contributed by atoms with Crippen molar-refractivity contribution in [2.24, 2.45) is 11.8 Å². The number of nitrogens with zero attached hydrogens (tertiary/aromatic N) is 1. The van der Waals surface area contributed by atoms with Gasteiger partial charge in [-0.25, -0.2) is 0 Å². The predicted molar refractivity (Wildman–Crippen MR) is 74.4 cm³/mol. The number of carbonyl (C=O) groups excluding carboxylic acids is 1. The first-order valence-electron chi connectivity index (χ1n) is 7.69. The van der Waals surface area contributed by atoms with Crippen LogP contribution in [0.15, 0.2) is 0 Å². The van der Waals surface area contributed by atoms with Gasteiger partial charge in [0.15, 0.2) is 0 Å². The maximum absolute atomic E-state index is 12.5. The Hall–Kier alpha value is -0.570. The Morgan fingerprint density at radius 1 is 1.22 bits per heavy atom. The van der Waals surface area contributed by atoms with E-state index in [1.165, 1.54) is 19.3 Å². The fourth-order valence-electron chi connectivity index (χ4n) is 3.66. The van der Waals surface area contributed by atoms with Crippen LogP contribution in [0.5, 0.6) is 0 Å². The average molecular weight is 252 g/mol. The van der Waals surface area contributed by atoms with Crippen molar-refractivity contribution in [1.29, 1.82) is 0 Å². The van der Waals surface area contributed by atoms with Crippen LogP contribution in [0.1, 0.15) is 52.9 Å². The number of likely N-dealkylation sites (N-methyl/N-ethyl adjacent to an activating group) is 1. The van der Waals surface area contributed by atoms with Gasteiger partial charge < -0.3 is 10.2 Å². The molecule has 1 aliphatic carbocycles. The van der Waals surface area contributed by atoms with Crippen LogP contribution in [-0.2, 0) is 4.79 Å². The largest absolute Gasteiger partial charge is 0.338 e. The van der Waals surface area contributed by atoms with Gasteiger partial charge in [0.1, 0.15) is 0 Å². The molecule has 1 aliphatic heterocycles. The molecule has 18 heavy (non-hydrogen) atoms. The third-order valence-corrected chi connectivity index (χ3v) is 4.99. The monoisotopic (exact) mass is 252 g/mol. The van der Waals surface area contributed by atoms with Gasteiger partial charge in [-0.2, -0.15) is 0 Å². The molecule has 2 aliphatic rings. The lowest BCUT2D eigenvalue weighted by Crippen LogP contribution is -2.56. The number of carbonyl (C=O) groups is 1. The zero-order valence-electron chi connectivity index (χ0n) is 12.1. The normalized spacial score (nSPS) is 37.9. The van der Waals surface area contributed by atoms with Crippen LogP contribution in [-0.4, -0.2) is 36.0 Å². The molecule has 1 N–H and O–H groups in total. The molecule has 104 valence electrons. The summed E-state index contributed by atoms with van der Waals surface area (Å²) in [5.41, 5.74) is 0. The second-order valence-electron chi connectivity index (χ2n) is 6.12. The van der Waals surface area contributed by atoms with Crippen LogP contribution >= 0.6 is 0 Å². The first-order chi connectivity index (χ1) is 8.65. The minimum absolute atomic E-state index is 0.0770. The Balaban J connectivity index is 2.04. The first kappa shape index (κ1) is 13.9. The molecule has 2 rings (SSSR count). The second-order valence-corrected chi connectivity index (χ2v) is 6.12. The smallest absolute Gasteiger partial charge is 0.239 e. The van der Waals surface area contributed by atoms with E-state index in [2.05, 4.69) is 31.0 Å². The van der Waals surface area contributed by atoms with Gasteiger partial charge in [0.05, 0.1) is 6.04 Å². The fraction of sp³-hybridized carbons (Fsp3) is 0.933. The summed E-state index contributed by atoms with van der Waals surface area (Å²) in [5, 5.41) is 3.34. The molecule has 0 radical (unpaired) electrons. The molecule has 0 spiro atoms. The topological polar surface area (TPSA) is 32.3 Å². The SMILES string of the molecule is CCNC1CCCN(C2CCCC(C)C2C)C1=O. The quantitative estimate of drug-likeness (QED) is 0.836. The number of hydrogen-bond acceptors (Lipinski definition) is 2. The number of amides is 1. The third kappa shape index (κ3) is 2.71. The molecular weight excluding hydrogens is 224 g/mol. The molecule has 1 heterocycles. The van der Waals surface area contributed by atoms with Gasteiger partial charge in [0, 0.05) is 12.6 Å². The summed E-state index contributed by atoms with van der Waals surface area (Å²) in [6.07, 6.45) is 5.99. The Morgan fingerprint density at radius 2 is 2.00 bits per heavy atom. The van der Waals surface area contributed by atoms with E-state index in [0.29, 0.717) is 17.9 Å². The van der Waals surface area contributed by atoms with Crippen LogP contribution in [0, 0.1) is 11.8 Å². The maximum atomic E-state index is 12.5. The molecule has 1 saturated carbocycles. The van der Waals surface area contributed by atoms with Crippen molar-refractivity contribution in [1.82, 2.24) is 10.2 Å². The molecule has 0 aromatic carbocycles. The second kappa shape index (κ2) is 6.05. The lowest BCUT2D eigenvalue weighted by atomic mass is 9.76. The lowest BCUT2D eigenvalue weighted by Gasteiger charge is -2.45. The van der Waals surface area contributed by atoms with Crippen molar-refractivity contribution < 1.29 is 4.79 Å². The van der Waals surface area contributed by atoms with E-state index >= 15 is 0 Å². The molecule has 0 bridgehead atoms. The zero-order valence-corrected chi connectivity index (χ0v) is 12.1. The highest BCUT2D eigenvalue weighted by Crippen LogP contribution is 2.34. The minimum atomic E-state index is 0.0770. The number of hydrogen-bond donors (Lipinski definition) is 1. The summed E-state index contributed by atoms with van der Waals surface area (Å²) in [6, 6.07) is 0.566. The minimum Gasteiger partial charge on any atom is -0.338 e. The maximum Gasteiger partial charge on any atom is 0.239 e. The summed E-state index contributed by atoms with van der Waals surface area (Å²) in [6.45, 7) is 8.62. The van der Waals surface area contributed by atoms with E-state index in [0.717, 1.165) is 31.8 Å². The summed E-state index contributed by atoms with van der Waals surface area (Å²) in [4.78, 5) is 14.7. The Labute approximate surface area is 111 Å². The Kier molecular flexibility index (Phi) is 4.66. The number of piperidine rings is 1. The van der Waals surface area contributed by atoms with Gasteiger partial charge >= 0.3 is 0 Å². The molecule has 2 fully saturated rings. The molecule has 1 saturated heterocycles. The first-order valence-corrected chi connectivity index (χ1v) is 7.69. The molecule has 0 aromatic rings. The van der Waals surface area contributed by atoms with Gasteiger partial charge in [-0.05, 0) is 37.6 Å². The van der Waals surface area contributed by atoms with Crippen LogP contribution in [0.3, 0.4) is 0 Å². The Morgan fingerprint density at radius 3 is 2.72 bits per heavy atom. The molecule has 4 unspecified atom stereocenters. The molecule has 3 nitrogen and oxygen atoms in total. The van der Waals surface area contributed by atoms with Gasteiger partial charge in [0.25, 0.3) is 0 Å². The molecule has 3 heteroatoms. The number of nitrogens with one attached hydrogen (secondary N) is 1. The van der Waals surface area contributed by atoms with Crippen molar-refractivity contribution in [3.8, 4) is 0 Å². The van der Waals surface area contributed by atoms with Crippen LogP contribution in [0.4, 0.5) is 0 Å². The van der Waals surface area contributed by atoms with Gasteiger partial charge in [-0.1, -0.05) is 33.6 Å². The summed E-state index contributed by atoms with van der Waals surface area (Å²) >= 11 is 0. The summed E-state index contributed by atoms with van der Waals surface area (Å²) in [7, 11) is 0. The summed E-state index contributed by atoms with van der Waals surface area (Å²) < 4.78 is 0. The fourth-order valence-corrected chi connectivity index (χ4v) is 3.66. The average Bonchev–Trinajstić information content (AvgIpc) is 2.36. The van der Waals surface area contributed by atoms with E-state index < -0.39 is 0 Å². The molecule has 0 aromatic heterocycles. The van der Waals surface area contributed by atoms with Gasteiger partial charge in [-0.15, -0.1) is 0 Å².